The Balaban J connectivity index is 0.00000144. The normalized spacial score (nSPS) is 8.62. The molecule has 0 fully saturated rings. The van der Waals surface area contributed by atoms with Gasteiger partial charge in [0.25, 0.3) is 0 Å². The second kappa shape index (κ2) is 4.20. The maximum absolute atomic E-state index is 10.3. The fourth-order valence-electron chi connectivity index (χ4n) is 0.755. The van der Waals surface area contributed by atoms with Crippen LogP contribution >= 0.6 is 0 Å². The Bertz CT molecular complexity index is 284. The van der Waals surface area contributed by atoms with E-state index in [-0.39, 0.29) is 15.8 Å². The van der Waals surface area contributed by atoms with Crippen LogP contribution in [0.15, 0.2) is 24.3 Å². The van der Waals surface area contributed by atoms with Crippen LogP contribution in [0.25, 0.3) is 0 Å². The van der Waals surface area contributed by atoms with E-state index in [4.69, 9.17) is 10.2 Å². The lowest BCUT2D eigenvalue weighted by Crippen LogP contribution is -1.99. The third-order valence-electron chi connectivity index (χ3n) is 1.38. The molecule has 0 aromatic heterocycles. The minimum Gasteiger partial charge on any atom is -0.478 e. The van der Waals surface area contributed by atoms with Crippen LogP contribution < -0.4 is 0 Å². The minimum atomic E-state index is -1.06. The van der Waals surface area contributed by atoms with Gasteiger partial charge in [0.1, 0.15) is 0 Å². The SMILES string of the molecule is F.O=C(O)c1ccc(C(=O)O)cc1. The molecule has 2 N–H and O–H groups in total. The molecule has 0 saturated heterocycles. The smallest absolute Gasteiger partial charge is 0.335 e. The molecule has 0 saturated carbocycles. The van der Waals surface area contributed by atoms with Gasteiger partial charge in [-0.25, -0.2) is 9.59 Å². The Morgan fingerprint density at radius 3 is 1.23 bits per heavy atom. The number of hydrogen-bond donors (Lipinski definition) is 2. The first kappa shape index (κ1) is 11.1. The van der Waals surface area contributed by atoms with Crippen molar-refractivity contribution in [1.82, 2.24) is 0 Å². The highest BCUT2D eigenvalue weighted by atomic mass is 19.0. The predicted octanol–water partition coefficient (Wildman–Crippen LogP) is 1.24. The molecule has 0 heterocycles. The molecule has 0 aliphatic heterocycles. The summed E-state index contributed by atoms with van der Waals surface area (Å²) >= 11 is 0. The van der Waals surface area contributed by atoms with E-state index in [2.05, 4.69) is 0 Å². The van der Waals surface area contributed by atoms with E-state index in [1.54, 1.807) is 0 Å². The Labute approximate surface area is 72.8 Å². The first-order chi connectivity index (χ1) is 5.61. The summed E-state index contributed by atoms with van der Waals surface area (Å²) in [6.07, 6.45) is 0. The molecule has 4 nitrogen and oxygen atoms in total. The van der Waals surface area contributed by atoms with Crippen LogP contribution in [0.2, 0.25) is 0 Å². The van der Waals surface area contributed by atoms with Crippen LogP contribution in [-0.4, -0.2) is 22.2 Å². The van der Waals surface area contributed by atoms with Crippen molar-refractivity contribution in [2.75, 3.05) is 0 Å². The molecule has 0 bridgehead atoms. The maximum atomic E-state index is 10.3. The Kier molecular flexibility index (Phi) is 3.58. The number of hydrogen-bond acceptors (Lipinski definition) is 2. The van der Waals surface area contributed by atoms with Gasteiger partial charge in [0.15, 0.2) is 0 Å². The first-order valence-electron chi connectivity index (χ1n) is 3.18. The van der Waals surface area contributed by atoms with E-state index >= 15 is 0 Å². The van der Waals surface area contributed by atoms with Gasteiger partial charge < -0.3 is 10.2 Å². The highest BCUT2D eigenvalue weighted by molar-refractivity contribution is 5.91. The molecule has 0 unspecified atom stereocenters. The third kappa shape index (κ3) is 2.55. The molecule has 1 rings (SSSR count). The Morgan fingerprint density at radius 2 is 1.08 bits per heavy atom. The van der Waals surface area contributed by atoms with Crippen molar-refractivity contribution in [3.05, 3.63) is 35.4 Å². The molecule has 1 aromatic carbocycles. The van der Waals surface area contributed by atoms with Crippen molar-refractivity contribution in [2.24, 2.45) is 0 Å². The molecule has 5 heteroatoms. The zero-order valence-electron chi connectivity index (χ0n) is 6.43. The molecule has 0 aliphatic rings. The van der Waals surface area contributed by atoms with Crippen molar-refractivity contribution in [3.63, 3.8) is 0 Å². The summed E-state index contributed by atoms with van der Waals surface area (Å²) in [4.78, 5) is 20.7. The van der Waals surface area contributed by atoms with Gasteiger partial charge in [0.05, 0.1) is 11.1 Å². The molecule has 0 spiro atoms. The van der Waals surface area contributed by atoms with Gasteiger partial charge in [-0.3, -0.25) is 4.70 Å². The van der Waals surface area contributed by atoms with Crippen molar-refractivity contribution < 1.29 is 24.5 Å². The van der Waals surface area contributed by atoms with E-state index in [0.29, 0.717) is 0 Å². The van der Waals surface area contributed by atoms with E-state index in [0.717, 1.165) is 0 Å². The number of aromatic carboxylic acids is 2. The van der Waals surface area contributed by atoms with Gasteiger partial charge in [0, 0.05) is 0 Å². The summed E-state index contributed by atoms with van der Waals surface area (Å²) in [7, 11) is 0. The summed E-state index contributed by atoms with van der Waals surface area (Å²) in [5, 5.41) is 16.9. The third-order valence-corrected chi connectivity index (χ3v) is 1.38. The van der Waals surface area contributed by atoms with E-state index in [9.17, 15) is 9.59 Å². The highest BCUT2D eigenvalue weighted by Crippen LogP contribution is 2.03. The number of carboxylic acid groups (broad SMARTS) is 2. The molecule has 0 radical (unpaired) electrons. The zero-order valence-corrected chi connectivity index (χ0v) is 6.43. The van der Waals surface area contributed by atoms with E-state index in [1.165, 1.54) is 24.3 Å². The zero-order chi connectivity index (χ0) is 9.14. The van der Waals surface area contributed by atoms with Gasteiger partial charge in [-0.15, -0.1) is 0 Å². The summed E-state index contributed by atoms with van der Waals surface area (Å²) in [6.45, 7) is 0. The Hall–Kier alpha value is -1.91. The molecule has 0 atom stereocenters. The highest BCUT2D eigenvalue weighted by Gasteiger charge is 2.04. The molecular formula is C8H7FO4. The summed E-state index contributed by atoms with van der Waals surface area (Å²) < 4.78 is 0. The standard InChI is InChI=1S/C8H6O4.FH/c9-7(10)5-1-2-6(4-3-5)8(11)12;/h1-4H,(H,9,10)(H,11,12);1H. The van der Waals surface area contributed by atoms with E-state index < -0.39 is 11.9 Å². The van der Waals surface area contributed by atoms with Crippen LogP contribution in [0.5, 0.6) is 0 Å². The fraction of sp³-hybridized carbons (Fsp3) is 0. The second-order valence-corrected chi connectivity index (χ2v) is 2.19. The largest absolute Gasteiger partial charge is 0.478 e. The Morgan fingerprint density at radius 1 is 0.846 bits per heavy atom. The lowest BCUT2D eigenvalue weighted by atomic mass is 10.1. The molecule has 1 aromatic rings. The summed E-state index contributed by atoms with van der Waals surface area (Å²) in [5.74, 6) is -2.13. The van der Waals surface area contributed by atoms with Gasteiger partial charge in [0.2, 0.25) is 0 Å². The lowest BCUT2D eigenvalue weighted by Gasteiger charge is -1.94. The van der Waals surface area contributed by atoms with Crippen LogP contribution in [0.1, 0.15) is 20.7 Å². The average Bonchev–Trinajstić information content (AvgIpc) is 2.04. The summed E-state index contributed by atoms with van der Waals surface area (Å²) in [5.41, 5.74) is 0.167. The van der Waals surface area contributed by atoms with Crippen molar-refractivity contribution in [2.45, 2.75) is 0 Å². The van der Waals surface area contributed by atoms with Crippen molar-refractivity contribution in [1.29, 1.82) is 0 Å². The molecule has 0 aliphatic carbocycles. The van der Waals surface area contributed by atoms with Crippen LogP contribution in [0, 0.1) is 0 Å². The molecule has 70 valence electrons. The van der Waals surface area contributed by atoms with Crippen molar-refractivity contribution in [3.8, 4) is 0 Å². The molecule has 13 heavy (non-hydrogen) atoms. The predicted molar refractivity (Wildman–Crippen MR) is 42.9 cm³/mol. The minimum absolute atomic E-state index is 0. The number of benzene rings is 1. The topological polar surface area (TPSA) is 74.6 Å². The monoisotopic (exact) mass is 186 g/mol. The summed E-state index contributed by atoms with van der Waals surface area (Å²) in [6, 6.07) is 5.02. The number of carboxylic acids is 2. The van der Waals surface area contributed by atoms with Crippen molar-refractivity contribution >= 4 is 11.9 Å². The lowest BCUT2D eigenvalue weighted by molar-refractivity contribution is 0.0681. The first-order valence-corrected chi connectivity index (χ1v) is 3.18. The van der Waals surface area contributed by atoms with Crippen LogP contribution in [0.3, 0.4) is 0 Å². The van der Waals surface area contributed by atoms with Gasteiger partial charge in [-0.05, 0) is 24.3 Å². The van der Waals surface area contributed by atoms with Gasteiger partial charge in [-0.2, -0.15) is 0 Å². The number of carbonyl (C=O) groups is 2. The number of rotatable bonds is 2. The quantitative estimate of drug-likeness (QED) is 0.728. The van der Waals surface area contributed by atoms with Gasteiger partial charge in [-0.1, -0.05) is 0 Å². The maximum Gasteiger partial charge on any atom is 0.335 e. The molecule has 0 amide bonds. The average molecular weight is 186 g/mol. The number of halogens is 1. The van der Waals surface area contributed by atoms with Crippen LogP contribution in [-0.2, 0) is 0 Å². The van der Waals surface area contributed by atoms with Gasteiger partial charge >= 0.3 is 11.9 Å². The van der Waals surface area contributed by atoms with Crippen LogP contribution in [0.4, 0.5) is 4.70 Å². The van der Waals surface area contributed by atoms with E-state index in [1.807, 2.05) is 0 Å². The fourth-order valence-corrected chi connectivity index (χ4v) is 0.755. The molecular weight excluding hydrogens is 179 g/mol. The second-order valence-electron chi connectivity index (χ2n) is 2.19.